The first kappa shape index (κ1) is 13.9. The SMILES string of the molecule is Nc1nc(CC(=O)Nc2cc(F)c(Br)cc2F)cs1. The molecule has 0 fully saturated rings. The molecule has 2 aromatic rings. The van der Waals surface area contributed by atoms with E-state index in [1.54, 1.807) is 5.38 Å². The molecule has 0 atom stereocenters. The molecule has 0 unspecified atom stereocenters. The summed E-state index contributed by atoms with van der Waals surface area (Å²) in [6.07, 6.45) is -0.0508. The lowest BCUT2D eigenvalue weighted by atomic mass is 10.2. The predicted molar refractivity (Wildman–Crippen MR) is 72.9 cm³/mol. The molecule has 8 heteroatoms. The van der Waals surface area contributed by atoms with E-state index < -0.39 is 17.5 Å². The van der Waals surface area contributed by atoms with Crippen LogP contribution in [0, 0.1) is 11.6 Å². The molecular weight excluding hydrogens is 340 g/mol. The van der Waals surface area contributed by atoms with Gasteiger partial charge in [0.2, 0.25) is 5.91 Å². The van der Waals surface area contributed by atoms with Crippen molar-refractivity contribution in [3.63, 3.8) is 0 Å². The molecule has 1 aromatic heterocycles. The van der Waals surface area contributed by atoms with E-state index >= 15 is 0 Å². The van der Waals surface area contributed by atoms with Gasteiger partial charge < -0.3 is 11.1 Å². The van der Waals surface area contributed by atoms with Gasteiger partial charge in [-0.2, -0.15) is 0 Å². The minimum Gasteiger partial charge on any atom is -0.375 e. The normalized spacial score (nSPS) is 10.5. The number of amides is 1. The highest BCUT2D eigenvalue weighted by Gasteiger charge is 2.12. The van der Waals surface area contributed by atoms with E-state index in [1.165, 1.54) is 11.3 Å². The van der Waals surface area contributed by atoms with Gasteiger partial charge in [0.25, 0.3) is 0 Å². The topological polar surface area (TPSA) is 68.0 Å². The van der Waals surface area contributed by atoms with Crippen molar-refractivity contribution in [2.75, 3.05) is 11.1 Å². The van der Waals surface area contributed by atoms with Crippen molar-refractivity contribution in [1.82, 2.24) is 4.98 Å². The number of halogens is 3. The number of thiazole rings is 1. The zero-order chi connectivity index (χ0) is 14.0. The Hall–Kier alpha value is -1.54. The van der Waals surface area contributed by atoms with Crippen LogP contribution in [-0.4, -0.2) is 10.9 Å². The van der Waals surface area contributed by atoms with Crippen LogP contribution in [0.4, 0.5) is 19.6 Å². The van der Waals surface area contributed by atoms with Gasteiger partial charge in [-0.1, -0.05) is 0 Å². The van der Waals surface area contributed by atoms with E-state index in [9.17, 15) is 13.6 Å². The molecule has 0 spiro atoms. The van der Waals surface area contributed by atoms with Crippen LogP contribution in [0.5, 0.6) is 0 Å². The van der Waals surface area contributed by atoms with Crippen molar-refractivity contribution < 1.29 is 13.6 Å². The number of nitrogens with two attached hydrogens (primary N) is 1. The van der Waals surface area contributed by atoms with E-state index in [4.69, 9.17) is 5.73 Å². The molecule has 0 aliphatic rings. The standard InChI is InChI=1S/C11H8BrF2N3OS/c12-6-2-8(14)9(3-7(6)13)17-10(18)1-5-4-19-11(15)16-5/h2-4H,1H2,(H2,15,16)(H,17,18). The number of benzene rings is 1. The fourth-order valence-electron chi connectivity index (χ4n) is 1.38. The number of nitrogens with zero attached hydrogens (tertiary/aromatic N) is 1. The summed E-state index contributed by atoms with van der Waals surface area (Å²) in [5.41, 5.74) is 5.70. The van der Waals surface area contributed by atoms with Crippen molar-refractivity contribution in [3.8, 4) is 0 Å². The molecule has 1 amide bonds. The third-order valence-electron chi connectivity index (χ3n) is 2.20. The molecule has 0 saturated heterocycles. The molecule has 3 N–H and O–H groups in total. The maximum atomic E-state index is 13.5. The summed E-state index contributed by atoms with van der Waals surface area (Å²) in [7, 11) is 0. The van der Waals surface area contributed by atoms with Crippen molar-refractivity contribution in [3.05, 3.63) is 39.3 Å². The Morgan fingerprint density at radius 1 is 1.42 bits per heavy atom. The predicted octanol–water partition coefficient (Wildman–Crippen LogP) is 2.95. The summed E-state index contributed by atoms with van der Waals surface area (Å²) >= 11 is 4.06. The monoisotopic (exact) mass is 347 g/mol. The van der Waals surface area contributed by atoms with Gasteiger partial charge in [-0.3, -0.25) is 4.79 Å². The minimum absolute atomic E-state index is 0.00438. The van der Waals surface area contributed by atoms with Crippen LogP contribution in [0.2, 0.25) is 0 Å². The highest BCUT2D eigenvalue weighted by atomic mass is 79.9. The Labute approximate surface area is 119 Å². The summed E-state index contributed by atoms with van der Waals surface area (Å²) in [6, 6.07) is 1.86. The highest BCUT2D eigenvalue weighted by Crippen LogP contribution is 2.23. The third-order valence-corrected chi connectivity index (χ3v) is 3.53. The second-order valence-electron chi connectivity index (χ2n) is 3.65. The summed E-state index contributed by atoms with van der Waals surface area (Å²) in [6.45, 7) is 0. The molecule has 100 valence electrons. The van der Waals surface area contributed by atoms with Crippen LogP contribution in [0.3, 0.4) is 0 Å². The van der Waals surface area contributed by atoms with Crippen molar-refractivity contribution in [1.29, 1.82) is 0 Å². The average Bonchev–Trinajstić information content (AvgIpc) is 2.71. The molecule has 2 rings (SSSR count). The average molecular weight is 348 g/mol. The second-order valence-corrected chi connectivity index (χ2v) is 5.39. The molecule has 19 heavy (non-hydrogen) atoms. The Bertz CT molecular complexity index is 632. The molecule has 0 radical (unpaired) electrons. The number of nitrogen functional groups attached to an aromatic ring is 1. The first-order valence-corrected chi connectivity index (χ1v) is 6.77. The lowest BCUT2D eigenvalue weighted by Crippen LogP contribution is -2.15. The Balaban J connectivity index is 2.09. The molecule has 0 bridgehead atoms. The molecule has 0 saturated carbocycles. The number of hydrogen-bond donors (Lipinski definition) is 2. The van der Waals surface area contributed by atoms with E-state index in [-0.39, 0.29) is 16.6 Å². The number of hydrogen-bond acceptors (Lipinski definition) is 4. The maximum absolute atomic E-state index is 13.5. The highest BCUT2D eigenvalue weighted by molar-refractivity contribution is 9.10. The van der Waals surface area contributed by atoms with E-state index in [2.05, 4.69) is 26.2 Å². The van der Waals surface area contributed by atoms with Crippen molar-refractivity contribution in [2.45, 2.75) is 6.42 Å². The van der Waals surface area contributed by atoms with Gasteiger partial charge in [0.15, 0.2) is 5.13 Å². The molecule has 0 aliphatic carbocycles. The van der Waals surface area contributed by atoms with Gasteiger partial charge in [0, 0.05) is 11.4 Å². The maximum Gasteiger partial charge on any atom is 0.230 e. The van der Waals surface area contributed by atoms with Crippen LogP contribution in [-0.2, 0) is 11.2 Å². The molecule has 4 nitrogen and oxygen atoms in total. The number of aromatic nitrogens is 1. The van der Waals surface area contributed by atoms with Gasteiger partial charge in [0.05, 0.1) is 22.3 Å². The first-order chi connectivity index (χ1) is 8.95. The number of carbonyl (C=O) groups excluding carboxylic acids is 1. The van der Waals surface area contributed by atoms with Crippen molar-refractivity contribution in [2.24, 2.45) is 0 Å². The quantitative estimate of drug-likeness (QED) is 0.838. The van der Waals surface area contributed by atoms with E-state index in [1.807, 2.05) is 0 Å². The third kappa shape index (κ3) is 3.48. The molecule has 1 heterocycles. The summed E-state index contributed by atoms with van der Waals surface area (Å²) in [4.78, 5) is 15.6. The molecule has 0 aliphatic heterocycles. The summed E-state index contributed by atoms with van der Waals surface area (Å²) in [5, 5.41) is 4.27. The molecule has 1 aromatic carbocycles. The number of anilines is 2. The largest absolute Gasteiger partial charge is 0.375 e. The fourth-order valence-corrected chi connectivity index (χ4v) is 2.26. The Kier molecular flexibility index (Phi) is 4.11. The minimum atomic E-state index is -0.723. The lowest BCUT2D eigenvalue weighted by Gasteiger charge is -2.06. The van der Waals surface area contributed by atoms with E-state index in [0.29, 0.717) is 10.8 Å². The Morgan fingerprint density at radius 2 is 2.16 bits per heavy atom. The zero-order valence-electron chi connectivity index (χ0n) is 9.41. The van der Waals surface area contributed by atoms with Gasteiger partial charge >= 0.3 is 0 Å². The van der Waals surface area contributed by atoms with Crippen LogP contribution in [0.25, 0.3) is 0 Å². The lowest BCUT2D eigenvalue weighted by molar-refractivity contribution is -0.115. The van der Waals surface area contributed by atoms with Gasteiger partial charge in [-0.15, -0.1) is 11.3 Å². The second kappa shape index (κ2) is 5.62. The zero-order valence-corrected chi connectivity index (χ0v) is 11.8. The summed E-state index contributed by atoms with van der Waals surface area (Å²) in [5.74, 6) is -1.88. The van der Waals surface area contributed by atoms with Gasteiger partial charge in [-0.25, -0.2) is 13.8 Å². The van der Waals surface area contributed by atoms with Crippen molar-refractivity contribution >= 4 is 44.0 Å². The number of nitrogens with one attached hydrogen (secondary N) is 1. The van der Waals surface area contributed by atoms with E-state index in [0.717, 1.165) is 12.1 Å². The van der Waals surface area contributed by atoms with Crippen LogP contribution in [0.15, 0.2) is 22.0 Å². The summed E-state index contributed by atoms with van der Waals surface area (Å²) < 4.78 is 26.7. The first-order valence-electron chi connectivity index (χ1n) is 5.10. The smallest absolute Gasteiger partial charge is 0.230 e. The Morgan fingerprint density at radius 3 is 2.79 bits per heavy atom. The van der Waals surface area contributed by atoms with Gasteiger partial charge in [-0.05, 0) is 22.0 Å². The number of rotatable bonds is 3. The molecular formula is C11H8BrF2N3OS. The van der Waals surface area contributed by atoms with Crippen LogP contribution in [0.1, 0.15) is 5.69 Å². The van der Waals surface area contributed by atoms with Crippen LogP contribution >= 0.6 is 27.3 Å². The van der Waals surface area contributed by atoms with Gasteiger partial charge in [0.1, 0.15) is 11.6 Å². The van der Waals surface area contributed by atoms with Crippen LogP contribution < -0.4 is 11.1 Å². The fraction of sp³-hybridized carbons (Fsp3) is 0.0909. The number of carbonyl (C=O) groups is 1.